The molecule has 230 valence electrons. The van der Waals surface area contributed by atoms with Crippen LogP contribution in [-0.2, 0) is 5.41 Å². The van der Waals surface area contributed by atoms with Crippen molar-refractivity contribution in [2.45, 2.75) is 5.41 Å². The fourth-order valence-corrected chi connectivity index (χ4v) is 9.58. The summed E-state index contributed by atoms with van der Waals surface area (Å²) < 4.78 is 2.35. The fourth-order valence-electron chi connectivity index (χ4n) is 9.58. The quantitative estimate of drug-likeness (QED) is 0.165. The number of imidazole rings is 1. The molecule has 2 nitrogen and oxygen atoms in total. The van der Waals surface area contributed by atoms with Crippen LogP contribution in [0.1, 0.15) is 22.3 Å². The topological polar surface area (TPSA) is 17.3 Å². The minimum absolute atomic E-state index is 0.364. The normalized spacial score (nSPS) is 13.8. The zero-order chi connectivity index (χ0) is 32.6. The van der Waals surface area contributed by atoms with Gasteiger partial charge in [-0.2, -0.15) is 0 Å². The number of benzene rings is 8. The van der Waals surface area contributed by atoms with Gasteiger partial charge in [-0.15, -0.1) is 0 Å². The molecular weight excluding hydrogens is 605 g/mol. The first kappa shape index (κ1) is 26.4. The second kappa shape index (κ2) is 9.34. The molecule has 0 radical (unpaired) electrons. The molecule has 12 rings (SSSR count). The molecule has 0 amide bonds. The standard InChI is InChI=1S/C48H28N2/c1-2-12-32-29(11-1)21-25-37-46(32)38-27-30(23-26-44(38)50-45-20-10-9-19-43(45)49-47(37)50)31-22-24-36-35-15-5-8-18-41(35)48(42(36)28-31)39-16-6-3-13-33(39)34-14-4-7-17-40(34)48/h1-28H. The summed E-state index contributed by atoms with van der Waals surface area (Å²) in [6, 6.07) is 63.1. The van der Waals surface area contributed by atoms with E-state index >= 15 is 0 Å². The summed E-state index contributed by atoms with van der Waals surface area (Å²) >= 11 is 0. The minimum atomic E-state index is -0.364. The van der Waals surface area contributed by atoms with Crippen molar-refractivity contribution in [3.63, 3.8) is 0 Å². The molecule has 2 heterocycles. The molecule has 8 aromatic carbocycles. The smallest absolute Gasteiger partial charge is 0.146 e. The Balaban J connectivity index is 1.18. The highest BCUT2D eigenvalue weighted by Gasteiger charge is 2.51. The summed E-state index contributed by atoms with van der Waals surface area (Å²) in [6.07, 6.45) is 0. The number of aromatic nitrogens is 2. The molecule has 50 heavy (non-hydrogen) atoms. The molecule has 1 spiro atoms. The van der Waals surface area contributed by atoms with E-state index < -0.39 is 0 Å². The summed E-state index contributed by atoms with van der Waals surface area (Å²) in [4.78, 5) is 5.18. The first-order valence-electron chi connectivity index (χ1n) is 17.4. The van der Waals surface area contributed by atoms with E-state index in [4.69, 9.17) is 4.98 Å². The molecule has 2 aliphatic rings. The third-order valence-electron chi connectivity index (χ3n) is 11.6. The Morgan fingerprint density at radius 3 is 1.76 bits per heavy atom. The third kappa shape index (κ3) is 3.13. The van der Waals surface area contributed by atoms with Crippen LogP contribution in [0.15, 0.2) is 170 Å². The van der Waals surface area contributed by atoms with Crippen LogP contribution in [0.5, 0.6) is 0 Å². The molecule has 0 saturated carbocycles. The Hall–Kier alpha value is -6.51. The second-order valence-electron chi connectivity index (χ2n) is 13.8. The van der Waals surface area contributed by atoms with Crippen molar-refractivity contribution in [3.05, 3.63) is 192 Å². The van der Waals surface area contributed by atoms with E-state index in [0.29, 0.717) is 0 Å². The average molecular weight is 633 g/mol. The van der Waals surface area contributed by atoms with Gasteiger partial charge in [-0.05, 0) is 103 Å². The maximum Gasteiger partial charge on any atom is 0.146 e. The van der Waals surface area contributed by atoms with Crippen molar-refractivity contribution in [2.24, 2.45) is 0 Å². The molecule has 2 aliphatic carbocycles. The van der Waals surface area contributed by atoms with Gasteiger partial charge in [-0.25, -0.2) is 4.98 Å². The molecule has 2 aromatic heterocycles. The monoisotopic (exact) mass is 632 g/mol. The Kier molecular flexibility index (Phi) is 4.94. The van der Waals surface area contributed by atoms with E-state index in [0.717, 1.165) is 16.7 Å². The minimum Gasteiger partial charge on any atom is -0.292 e. The molecule has 0 aliphatic heterocycles. The Bertz CT molecular complexity index is 3040. The van der Waals surface area contributed by atoms with E-state index in [1.807, 2.05) is 0 Å². The number of nitrogens with zero attached hydrogens (tertiary/aromatic N) is 2. The maximum absolute atomic E-state index is 5.18. The molecule has 0 N–H and O–H groups in total. The van der Waals surface area contributed by atoms with Gasteiger partial charge in [0, 0.05) is 16.2 Å². The van der Waals surface area contributed by atoms with Gasteiger partial charge in [-0.3, -0.25) is 4.40 Å². The zero-order valence-electron chi connectivity index (χ0n) is 27.1. The summed E-state index contributed by atoms with van der Waals surface area (Å²) in [5, 5.41) is 6.16. The largest absolute Gasteiger partial charge is 0.292 e. The lowest BCUT2D eigenvalue weighted by atomic mass is 9.70. The van der Waals surface area contributed by atoms with Crippen LogP contribution in [-0.4, -0.2) is 9.38 Å². The van der Waals surface area contributed by atoms with Crippen LogP contribution in [0, 0.1) is 0 Å². The van der Waals surface area contributed by atoms with Crippen molar-refractivity contribution < 1.29 is 0 Å². The predicted molar refractivity (Wildman–Crippen MR) is 207 cm³/mol. The van der Waals surface area contributed by atoms with Gasteiger partial charge in [0.15, 0.2) is 0 Å². The van der Waals surface area contributed by atoms with Crippen LogP contribution in [0.3, 0.4) is 0 Å². The Morgan fingerprint density at radius 1 is 0.400 bits per heavy atom. The lowest BCUT2D eigenvalue weighted by Crippen LogP contribution is -2.25. The number of hydrogen-bond donors (Lipinski definition) is 0. The summed E-state index contributed by atoms with van der Waals surface area (Å²) in [5.74, 6) is 0. The number of fused-ring (bicyclic) bond motifs is 20. The number of pyridine rings is 1. The van der Waals surface area contributed by atoms with Crippen molar-refractivity contribution in [1.29, 1.82) is 0 Å². The van der Waals surface area contributed by atoms with Gasteiger partial charge in [0.1, 0.15) is 5.65 Å². The molecule has 0 saturated heterocycles. The van der Waals surface area contributed by atoms with Crippen LogP contribution in [0.4, 0.5) is 0 Å². The van der Waals surface area contributed by atoms with Gasteiger partial charge < -0.3 is 0 Å². The van der Waals surface area contributed by atoms with Crippen LogP contribution < -0.4 is 0 Å². The Morgan fingerprint density at radius 2 is 1.00 bits per heavy atom. The van der Waals surface area contributed by atoms with Gasteiger partial charge in [0.2, 0.25) is 0 Å². The van der Waals surface area contributed by atoms with Crippen molar-refractivity contribution in [2.75, 3.05) is 0 Å². The van der Waals surface area contributed by atoms with E-state index in [1.165, 1.54) is 88.1 Å². The number of rotatable bonds is 1. The van der Waals surface area contributed by atoms with Gasteiger partial charge >= 0.3 is 0 Å². The maximum atomic E-state index is 5.18. The van der Waals surface area contributed by atoms with E-state index in [2.05, 4.69) is 174 Å². The van der Waals surface area contributed by atoms with E-state index in [1.54, 1.807) is 0 Å². The summed E-state index contributed by atoms with van der Waals surface area (Å²) in [7, 11) is 0. The van der Waals surface area contributed by atoms with Gasteiger partial charge in [0.05, 0.1) is 22.0 Å². The highest BCUT2D eigenvalue weighted by molar-refractivity contribution is 6.24. The molecule has 0 bridgehead atoms. The van der Waals surface area contributed by atoms with Crippen LogP contribution >= 0.6 is 0 Å². The van der Waals surface area contributed by atoms with Crippen molar-refractivity contribution >= 4 is 49.1 Å². The predicted octanol–water partition coefficient (Wildman–Crippen LogP) is 12.0. The molecule has 0 fully saturated rings. The lowest BCUT2D eigenvalue weighted by Gasteiger charge is -2.30. The van der Waals surface area contributed by atoms with Gasteiger partial charge in [-0.1, -0.05) is 133 Å². The van der Waals surface area contributed by atoms with E-state index in [9.17, 15) is 0 Å². The SMILES string of the molecule is c1ccc2c(c1)-c1ccccc1C21c2ccccc2-c2ccc(-c3ccc4c(c3)c3c5ccccc5ccc3c3nc5ccccc5n43)cc21. The zero-order valence-corrected chi connectivity index (χ0v) is 27.1. The van der Waals surface area contributed by atoms with E-state index in [-0.39, 0.29) is 5.41 Å². The van der Waals surface area contributed by atoms with Crippen LogP contribution in [0.25, 0.3) is 82.5 Å². The average Bonchev–Trinajstić information content (AvgIpc) is 3.82. The number of para-hydroxylation sites is 2. The van der Waals surface area contributed by atoms with Crippen molar-refractivity contribution in [3.8, 4) is 33.4 Å². The molecule has 0 atom stereocenters. The first-order valence-corrected chi connectivity index (χ1v) is 17.4. The molecule has 0 unspecified atom stereocenters. The summed E-state index contributed by atoms with van der Waals surface area (Å²) in [6.45, 7) is 0. The highest BCUT2D eigenvalue weighted by Crippen LogP contribution is 2.63. The first-order chi connectivity index (χ1) is 24.8. The second-order valence-corrected chi connectivity index (χ2v) is 13.8. The lowest BCUT2D eigenvalue weighted by molar-refractivity contribution is 0.794. The fraction of sp³-hybridized carbons (Fsp3) is 0.0208. The van der Waals surface area contributed by atoms with Crippen LogP contribution in [0.2, 0.25) is 0 Å². The molecule has 2 heteroatoms. The highest BCUT2D eigenvalue weighted by atomic mass is 15.0. The third-order valence-corrected chi connectivity index (χ3v) is 11.6. The number of hydrogen-bond acceptors (Lipinski definition) is 1. The summed E-state index contributed by atoms with van der Waals surface area (Å²) in [5.41, 5.74) is 17.2. The van der Waals surface area contributed by atoms with Gasteiger partial charge in [0.25, 0.3) is 0 Å². The molecular formula is C48H28N2. The Labute approximate surface area is 288 Å². The molecule has 10 aromatic rings. The van der Waals surface area contributed by atoms with Crippen molar-refractivity contribution in [1.82, 2.24) is 9.38 Å².